The van der Waals surface area contributed by atoms with Gasteiger partial charge in [-0.25, -0.2) is 4.98 Å². The number of carbonyl (C=O) groups is 1. The van der Waals surface area contributed by atoms with Crippen molar-refractivity contribution in [3.63, 3.8) is 0 Å². The number of halogens is 1. The number of rotatable bonds is 4. The van der Waals surface area contributed by atoms with Gasteiger partial charge in [0.2, 0.25) is 0 Å². The summed E-state index contributed by atoms with van der Waals surface area (Å²) < 4.78 is 0. The van der Waals surface area contributed by atoms with Crippen LogP contribution in [0, 0.1) is 6.92 Å². The monoisotopic (exact) mass is 290 g/mol. The molecule has 0 atom stereocenters. The summed E-state index contributed by atoms with van der Waals surface area (Å²) in [6.07, 6.45) is 3.23. The Bertz CT molecular complexity index is 613. The number of pyridine rings is 2. The second kappa shape index (κ2) is 6.34. The van der Waals surface area contributed by atoms with Gasteiger partial charge in [0.05, 0.1) is 10.6 Å². The maximum atomic E-state index is 12.0. The minimum absolute atomic E-state index is 0.220. The zero-order valence-electron chi connectivity index (χ0n) is 11.3. The highest BCUT2D eigenvalue weighted by atomic mass is 35.5. The number of hydrogen-bond donors (Lipinski definition) is 2. The van der Waals surface area contributed by atoms with Crippen molar-refractivity contribution in [2.45, 2.75) is 13.5 Å². The molecule has 5 nitrogen and oxygen atoms in total. The summed E-state index contributed by atoms with van der Waals surface area (Å²) in [5, 5.41) is 6.06. The molecule has 0 aliphatic rings. The lowest BCUT2D eigenvalue weighted by Gasteiger charge is -2.07. The molecule has 2 aromatic heterocycles. The van der Waals surface area contributed by atoms with Gasteiger partial charge in [0, 0.05) is 31.7 Å². The van der Waals surface area contributed by atoms with E-state index in [1.54, 1.807) is 19.3 Å². The molecular formula is C14H15ClN4O. The first kappa shape index (κ1) is 14.3. The summed E-state index contributed by atoms with van der Waals surface area (Å²) in [5.74, 6) is 0.327. The highest BCUT2D eigenvalue weighted by molar-refractivity contribution is 6.33. The van der Waals surface area contributed by atoms with Crippen LogP contribution in [0.3, 0.4) is 0 Å². The largest absolute Gasteiger partial charge is 0.372 e. The number of aromatic nitrogens is 2. The van der Waals surface area contributed by atoms with Gasteiger partial charge in [-0.3, -0.25) is 9.78 Å². The molecule has 0 aliphatic carbocycles. The Balaban J connectivity index is 2.01. The summed E-state index contributed by atoms with van der Waals surface area (Å²) >= 11 is 5.99. The van der Waals surface area contributed by atoms with Crippen molar-refractivity contribution in [1.29, 1.82) is 0 Å². The van der Waals surface area contributed by atoms with Crippen LogP contribution in [-0.4, -0.2) is 22.9 Å². The lowest BCUT2D eigenvalue weighted by Crippen LogP contribution is -2.23. The third-order valence-corrected chi connectivity index (χ3v) is 3.05. The zero-order chi connectivity index (χ0) is 14.5. The van der Waals surface area contributed by atoms with Crippen LogP contribution in [0.2, 0.25) is 5.02 Å². The van der Waals surface area contributed by atoms with Crippen LogP contribution >= 0.6 is 11.6 Å². The predicted molar refractivity (Wildman–Crippen MR) is 78.9 cm³/mol. The van der Waals surface area contributed by atoms with Crippen LogP contribution in [0.25, 0.3) is 0 Å². The molecule has 2 aromatic rings. The first-order chi connectivity index (χ1) is 9.60. The third-order valence-electron chi connectivity index (χ3n) is 2.77. The van der Waals surface area contributed by atoms with Gasteiger partial charge in [-0.1, -0.05) is 17.7 Å². The molecule has 6 heteroatoms. The van der Waals surface area contributed by atoms with Gasteiger partial charge in [0.15, 0.2) is 0 Å². The number of amides is 1. The Morgan fingerprint density at radius 1 is 1.30 bits per heavy atom. The molecule has 2 N–H and O–H groups in total. The minimum Gasteiger partial charge on any atom is -0.372 e. The fourth-order valence-corrected chi connectivity index (χ4v) is 1.89. The Hall–Kier alpha value is -2.14. The van der Waals surface area contributed by atoms with Crippen molar-refractivity contribution in [2.75, 3.05) is 12.4 Å². The van der Waals surface area contributed by atoms with Crippen LogP contribution in [0.1, 0.15) is 21.6 Å². The fraction of sp³-hybridized carbons (Fsp3) is 0.214. The second-order valence-corrected chi connectivity index (χ2v) is 4.70. The number of nitrogens with one attached hydrogen (secondary N) is 2. The molecule has 0 fully saturated rings. The van der Waals surface area contributed by atoms with Gasteiger partial charge >= 0.3 is 0 Å². The second-order valence-electron chi connectivity index (χ2n) is 4.29. The van der Waals surface area contributed by atoms with E-state index in [0.717, 1.165) is 11.3 Å². The average Bonchev–Trinajstić information content (AvgIpc) is 2.46. The van der Waals surface area contributed by atoms with Gasteiger partial charge in [0.1, 0.15) is 5.82 Å². The van der Waals surface area contributed by atoms with Crippen molar-refractivity contribution in [1.82, 2.24) is 15.3 Å². The first-order valence-corrected chi connectivity index (χ1v) is 6.51. The molecule has 0 radical (unpaired) electrons. The molecule has 0 aromatic carbocycles. The maximum absolute atomic E-state index is 12.0. The van der Waals surface area contributed by atoms with Crippen molar-refractivity contribution in [2.24, 2.45) is 0 Å². The van der Waals surface area contributed by atoms with Crippen molar-refractivity contribution < 1.29 is 4.79 Å². The van der Waals surface area contributed by atoms with Crippen molar-refractivity contribution >= 4 is 23.3 Å². The normalized spacial score (nSPS) is 10.2. The number of carbonyl (C=O) groups excluding carboxylic acids is 1. The number of hydrogen-bond acceptors (Lipinski definition) is 4. The quantitative estimate of drug-likeness (QED) is 0.907. The van der Waals surface area contributed by atoms with Gasteiger partial charge in [-0.2, -0.15) is 0 Å². The Morgan fingerprint density at radius 2 is 2.10 bits per heavy atom. The molecule has 2 rings (SSSR count). The molecule has 0 unspecified atom stereocenters. The van der Waals surface area contributed by atoms with Gasteiger partial charge < -0.3 is 10.6 Å². The summed E-state index contributed by atoms with van der Waals surface area (Å²) in [5.41, 5.74) is 2.31. The summed E-state index contributed by atoms with van der Waals surface area (Å²) in [6, 6.07) is 5.42. The van der Waals surface area contributed by atoms with Crippen molar-refractivity contribution in [3.05, 3.63) is 52.4 Å². The van der Waals surface area contributed by atoms with E-state index in [4.69, 9.17) is 11.6 Å². The van der Waals surface area contributed by atoms with E-state index in [-0.39, 0.29) is 5.91 Å². The van der Waals surface area contributed by atoms with E-state index in [9.17, 15) is 4.79 Å². The molecule has 0 spiro atoms. The molecule has 0 saturated heterocycles. The van der Waals surface area contributed by atoms with Gasteiger partial charge in [0.25, 0.3) is 5.91 Å². The molecule has 20 heavy (non-hydrogen) atoms. The maximum Gasteiger partial charge on any atom is 0.253 e. The molecule has 0 saturated carbocycles. The predicted octanol–water partition coefficient (Wildman–Crippen LogP) is 2.41. The number of nitrogens with zero attached hydrogens (tertiary/aromatic N) is 2. The van der Waals surface area contributed by atoms with Crippen LogP contribution < -0.4 is 10.6 Å². The van der Waals surface area contributed by atoms with Crippen LogP contribution in [0.4, 0.5) is 5.82 Å². The van der Waals surface area contributed by atoms with E-state index >= 15 is 0 Å². The van der Waals surface area contributed by atoms with Crippen molar-refractivity contribution in [3.8, 4) is 0 Å². The minimum atomic E-state index is -0.220. The summed E-state index contributed by atoms with van der Waals surface area (Å²) in [4.78, 5) is 20.2. The summed E-state index contributed by atoms with van der Waals surface area (Å²) in [7, 11) is 1.72. The van der Waals surface area contributed by atoms with E-state index in [1.807, 2.05) is 19.1 Å². The third kappa shape index (κ3) is 3.45. The van der Waals surface area contributed by atoms with E-state index < -0.39 is 0 Å². The Kier molecular flexibility index (Phi) is 4.53. The molecular weight excluding hydrogens is 276 g/mol. The smallest absolute Gasteiger partial charge is 0.253 e. The fourth-order valence-electron chi connectivity index (χ4n) is 1.63. The molecule has 1 amide bonds. The number of anilines is 1. The lowest BCUT2D eigenvalue weighted by molar-refractivity contribution is 0.0950. The van der Waals surface area contributed by atoms with Gasteiger partial charge in [-0.15, -0.1) is 0 Å². The molecule has 0 aliphatic heterocycles. The van der Waals surface area contributed by atoms with Crippen LogP contribution in [0.15, 0.2) is 30.6 Å². The highest BCUT2D eigenvalue weighted by Crippen LogP contribution is 2.19. The summed E-state index contributed by atoms with van der Waals surface area (Å²) in [6.45, 7) is 2.33. The Morgan fingerprint density at radius 3 is 2.70 bits per heavy atom. The van der Waals surface area contributed by atoms with E-state index in [2.05, 4.69) is 20.6 Å². The van der Waals surface area contributed by atoms with E-state index in [0.29, 0.717) is 22.9 Å². The standard InChI is InChI=1S/C14H15ClN4O/c1-9-3-4-10(6-17-9)7-19-14(20)11-5-12(15)13(16-2)18-8-11/h3-6,8H,7H2,1-2H3,(H,16,18)(H,19,20). The number of aryl methyl sites for hydroxylation is 1. The molecule has 104 valence electrons. The zero-order valence-corrected chi connectivity index (χ0v) is 12.0. The lowest BCUT2D eigenvalue weighted by atomic mass is 10.2. The van der Waals surface area contributed by atoms with Gasteiger partial charge in [-0.05, 0) is 24.6 Å². The first-order valence-electron chi connectivity index (χ1n) is 6.13. The van der Waals surface area contributed by atoms with Crippen LogP contribution in [0.5, 0.6) is 0 Å². The highest BCUT2D eigenvalue weighted by Gasteiger charge is 2.09. The molecule has 2 heterocycles. The van der Waals surface area contributed by atoms with Crippen LogP contribution in [-0.2, 0) is 6.54 Å². The van der Waals surface area contributed by atoms with E-state index in [1.165, 1.54) is 6.20 Å². The average molecular weight is 291 g/mol. The topological polar surface area (TPSA) is 66.9 Å². The Labute approximate surface area is 122 Å². The SMILES string of the molecule is CNc1ncc(C(=O)NCc2ccc(C)nc2)cc1Cl. The molecule has 0 bridgehead atoms.